The Hall–Kier alpha value is -0.740. The van der Waals surface area contributed by atoms with E-state index in [1.165, 1.54) is 5.56 Å². The van der Waals surface area contributed by atoms with Gasteiger partial charge in [-0.1, -0.05) is 63.2 Å². The van der Waals surface area contributed by atoms with E-state index in [0.717, 1.165) is 3.69 Å². The molecule has 0 saturated carbocycles. The maximum Gasteiger partial charge on any atom is 0.108 e. The standard InChI is InChI=1S/C12H11IO/c1-2-6-11(7-3-1)10-14-12-8-4-5-9-13-12/h1-9H,10H2. The zero-order chi connectivity index (χ0) is 9.64. The van der Waals surface area contributed by atoms with Gasteiger partial charge < -0.3 is 4.74 Å². The summed E-state index contributed by atoms with van der Waals surface area (Å²) in [6.07, 6.45) is 6.18. The largest absolute Gasteiger partial charge is 0.335 e. The SMILES string of the molecule is C1=CI=C(OCc2ccccc2)C=C1. The maximum atomic E-state index is 5.70. The number of rotatable bonds is 3. The van der Waals surface area contributed by atoms with E-state index in [1.807, 2.05) is 24.3 Å². The van der Waals surface area contributed by atoms with Gasteiger partial charge in [0.25, 0.3) is 0 Å². The Kier molecular flexibility index (Phi) is 3.65. The number of allylic oxidation sites excluding steroid dienone is 2. The van der Waals surface area contributed by atoms with Crippen LogP contribution in [0.5, 0.6) is 0 Å². The molecule has 72 valence electrons. The van der Waals surface area contributed by atoms with Gasteiger partial charge in [0.2, 0.25) is 0 Å². The molecule has 0 aromatic heterocycles. The highest BCUT2D eigenvalue weighted by molar-refractivity contribution is 14.2. The Morgan fingerprint density at radius 2 is 1.93 bits per heavy atom. The van der Waals surface area contributed by atoms with Crippen molar-refractivity contribution in [3.8, 4) is 0 Å². The molecule has 0 radical (unpaired) electrons. The molecule has 14 heavy (non-hydrogen) atoms. The molecule has 1 heterocycles. The van der Waals surface area contributed by atoms with Crippen LogP contribution in [0.25, 0.3) is 0 Å². The molecule has 0 bridgehead atoms. The van der Waals surface area contributed by atoms with Gasteiger partial charge in [0.15, 0.2) is 0 Å². The van der Waals surface area contributed by atoms with E-state index in [4.69, 9.17) is 4.74 Å². The average Bonchev–Trinajstić information content (AvgIpc) is 2.29. The molecule has 2 rings (SSSR count). The molecule has 2 heteroatoms. The number of hydrogen-bond acceptors (Lipinski definition) is 1. The topological polar surface area (TPSA) is 9.23 Å². The van der Waals surface area contributed by atoms with Crippen molar-refractivity contribution in [2.45, 2.75) is 6.61 Å². The molecular formula is C12H11IO. The van der Waals surface area contributed by atoms with Crippen LogP contribution < -0.4 is 0 Å². The molecule has 0 spiro atoms. The first-order valence-corrected chi connectivity index (χ1v) is 6.78. The van der Waals surface area contributed by atoms with Gasteiger partial charge >= 0.3 is 0 Å². The predicted octanol–water partition coefficient (Wildman–Crippen LogP) is 3.39. The summed E-state index contributed by atoms with van der Waals surface area (Å²) in [4.78, 5) is 0. The Bertz CT molecular complexity index is 377. The van der Waals surface area contributed by atoms with Crippen molar-refractivity contribution >= 4 is 24.4 Å². The van der Waals surface area contributed by atoms with Crippen molar-refractivity contribution in [1.82, 2.24) is 0 Å². The Labute approximate surface area is 93.8 Å². The van der Waals surface area contributed by atoms with Gasteiger partial charge in [0.05, 0.1) is 6.61 Å². The highest BCUT2D eigenvalue weighted by Gasteiger charge is 1.96. The summed E-state index contributed by atoms with van der Waals surface area (Å²) in [5.41, 5.74) is 1.23. The summed E-state index contributed by atoms with van der Waals surface area (Å²) < 4.78 is 9.05. The van der Waals surface area contributed by atoms with Crippen LogP contribution in [0.3, 0.4) is 0 Å². The van der Waals surface area contributed by atoms with E-state index >= 15 is 0 Å². The zero-order valence-corrected chi connectivity index (χ0v) is 9.85. The summed E-state index contributed by atoms with van der Waals surface area (Å²) in [6, 6.07) is 10.3. The first-order chi connectivity index (χ1) is 6.95. The zero-order valence-electron chi connectivity index (χ0n) is 7.69. The second kappa shape index (κ2) is 5.22. The molecule has 0 aliphatic carbocycles. The fourth-order valence-corrected chi connectivity index (χ4v) is 2.67. The fourth-order valence-electron chi connectivity index (χ4n) is 1.11. The molecule has 1 aliphatic rings. The highest BCUT2D eigenvalue weighted by atomic mass is 127. The van der Waals surface area contributed by atoms with Crippen LogP contribution in [0.1, 0.15) is 5.56 Å². The summed E-state index contributed by atoms with van der Waals surface area (Å²) in [7, 11) is 0. The van der Waals surface area contributed by atoms with E-state index in [-0.39, 0.29) is 20.7 Å². The Balaban J connectivity index is 1.92. The lowest BCUT2D eigenvalue weighted by Crippen LogP contribution is -1.99. The van der Waals surface area contributed by atoms with Crippen molar-refractivity contribution in [1.29, 1.82) is 0 Å². The van der Waals surface area contributed by atoms with Crippen LogP contribution in [0.2, 0.25) is 0 Å². The molecule has 0 N–H and O–H groups in total. The van der Waals surface area contributed by atoms with E-state index < -0.39 is 0 Å². The van der Waals surface area contributed by atoms with Crippen molar-refractivity contribution in [2.75, 3.05) is 0 Å². The van der Waals surface area contributed by atoms with Gasteiger partial charge in [-0.05, 0) is 15.7 Å². The average molecular weight is 298 g/mol. The molecule has 0 atom stereocenters. The minimum absolute atomic E-state index is 0.0225. The van der Waals surface area contributed by atoms with Crippen LogP contribution in [0, 0.1) is 0 Å². The normalized spacial score (nSPS) is 14.7. The van der Waals surface area contributed by atoms with Crippen LogP contribution in [0.15, 0.2) is 52.6 Å². The van der Waals surface area contributed by atoms with Gasteiger partial charge in [0, 0.05) is 0 Å². The first kappa shape index (κ1) is 9.80. The molecule has 0 saturated heterocycles. The first-order valence-electron chi connectivity index (χ1n) is 4.45. The Morgan fingerprint density at radius 3 is 2.64 bits per heavy atom. The number of ether oxygens (including phenoxy) is 1. The summed E-state index contributed by atoms with van der Waals surface area (Å²) >= 11 is -0.0225. The third-order valence-corrected chi connectivity index (χ3v) is 3.86. The third kappa shape index (κ3) is 2.89. The monoisotopic (exact) mass is 298 g/mol. The van der Waals surface area contributed by atoms with Crippen LogP contribution >= 0.6 is 20.7 Å². The van der Waals surface area contributed by atoms with E-state index in [2.05, 4.69) is 28.4 Å². The van der Waals surface area contributed by atoms with Gasteiger partial charge in [-0.2, -0.15) is 0 Å². The van der Waals surface area contributed by atoms with Gasteiger partial charge in [-0.15, -0.1) is 0 Å². The molecular weight excluding hydrogens is 287 g/mol. The van der Waals surface area contributed by atoms with E-state index in [1.54, 1.807) is 0 Å². The lowest BCUT2D eigenvalue weighted by molar-refractivity contribution is 0.305. The van der Waals surface area contributed by atoms with Crippen molar-refractivity contribution in [3.63, 3.8) is 0 Å². The summed E-state index contributed by atoms with van der Waals surface area (Å²) in [6.45, 7) is 0.689. The minimum atomic E-state index is -0.0225. The number of halogens is 1. The molecule has 0 amide bonds. The smallest absolute Gasteiger partial charge is 0.108 e. The lowest BCUT2D eigenvalue weighted by atomic mass is 10.2. The maximum absolute atomic E-state index is 5.70. The van der Waals surface area contributed by atoms with Crippen molar-refractivity contribution in [3.05, 3.63) is 58.2 Å². The quantitative estimate of drug-likeness (QED) is 0.777. The van der Waals surface area contributed by atoms with Crippen LogP contribution in [-0.4, -0.2) is 3.69 Å². The molecule has 1 aromatic rings. The lowest BCUT2D eigenvalue weighted by Gasteiger charge is -2.04. The fraction of sp³-hybridized carbons (Fsp3) is 0.0833. The third-order valence-electron chi connectivity index (χ3n) is 1.80. The molecule has 0 fully saturated rings. The second-order valence-electron chi connectivity index (χ2n) is 2.87. The highest BCUT2D eigenvalue weighted by Crippen LogP contribution is 2.12. The van der Waals surface area contributed by atoms with Gasteiger partial charge in [-0.25, -0.2) is 0 Å². The number of hydrogen-bond donors (Lipinski definition) is 0. The molecule has 1 nitrogen and oxygen atoms in total. The van der Waals surface area contributed by atoms with Gasteiger partial charge in [0.1, 0.15) is 3.69 Å². The van der Waals surface area contributed by atoms with E-state index in [9.17, 15) is 0 Å². The predicted molar refractivity (Wildman–Crippen MR) is 68.5 cm³/mol. The van der Waals surface area contributed by atoms with Gasteiger partial charge in [-0.3, -0.25) is 0 Å². The van der Waals surface area contributed by atoms with Crippen LogP contribution in [-0.2, 0) is 11.3 Å². The summed E-state index contributed by atoms with van der Waals surface area (Å²) in [5, 5.41) is 0. The molecule has 1 aliphatic heterocycles. The van der Waals surface area contributed by atoms with Crippen molar-refractivity contribution in [2.24, 2.45) is 0 Å². The number of benzene rings is 1. The Morgan fingerprint density at radius 1 is 1.07 bits per heavy atom. The van der Waals surface area contributed by atoms with Crippen molar-refractivity contribution < 1.29 is 4.74 Å². The second-order valence-corrected chi connectivity index (χ2v) is 5.27. The van der Waals surface area contributed by atoms with Crippen LogP contribution in [0.4, 0.5) is 0 Å². The molecule has 0 unspecified atom stereocenters. The summed E-state index contributed by atoms with van der Waals surface area (Å²) in [5.74, 6) is 0. The molecule has 1 aromatic carbocycles. The minimum Gasteiger partial charge on any atom is -0.335 e. The van der Waals surface area contributed by atoms with E-state index in [0.29, 0.717) is 6.61 Å².